The van der Waals surface area contributed by atoms with E-state index in [1.165, 1.54) is 6.07 Å². The molecule has 1 rings (SSSR count). The van der Waals surface area contributed by atoms with E-state index < -0.39 is 10.0 Å². The predicted octanol–water partition coefficient (Wildman–Crippen LogP) is 1.27. The van der Waals surface area contributed by atoms with Crippen molar-refractivity contribution in [2.45, 2.75) is 9.32 Å². The van der Waals surface area contributed by atoms with Gasteiger partial charge >= 0.3 is 0 Å². The van der Waals surface area contributed by atoms with Crippen LogP contribution in [0.25, 0.3) is 0 Å². The van der Waals surface area contributed by atoms with E-state index in [-0.39, 0.29) is 4.90 Å². The lowest BCUT2D eigenvalue weighted by atomic mass is 10.2. The van der Waals surface area contributed by atoms with Crippen LogP contribution < -0.4 is 5.14 Å². The molecular formula is C7H8INO2S. The lowest BCUT2D eigenvalue weighted by Gasteiger charge is -2.02. The van der Waals surface area contributed by atoms with Crippen molar-refractivity contribution in [3.8, 4) is 0 Å². The molecule has 0 amide bonds. The predicted molar refractivity (Wildman–Crippen MR) is 55.5 cm³/mol. The first-order valence-corrected chi connectivity index (χ1v) is 6.29. The maximum atomic E-state index is 11.0. The Hall–Kier alpha value is -0.140. The van der Waals surface area contributed by atoms with Crippen molar-refractivity contribution in [2.24, 2.45) is 5.14 Å². The summed E-state index contributed by atoms with van der Waals surface area (Å²) in [6, 6.07) is 6.73. The Morgan fingerprint density at radius 2 is 1.92 bits per heavy atom. The third-order valence-electron chi connectivity index (χ3n) is 1.42. The van der Waals surface area contributed by atoms with Crippen LogP contribution in [-0.2, 0) is 14.5 Å². The molecule has 0 aliphatic carbocycles. The average Bonchev–Trinajstić information content (AvgIpc) is 2.03. The van der Waals surface area contributed by atoms with Gasteiger partial charge in [-0.2, -0.15) is 0 Å². The standard InChI is InChI=1S/C7H8INO2S/c8-5-6-3-1-2-4-7(6)12(9,10)11/h1-4H,5H2,(H2,9,10,11). The Kier molecular flexibility index (Phi) is 3.08. The number of hydrogen-bond acceptors (Lipinski definition) is 2. The number of rotatable bonds is 2. The van der Waals surface area contributed by atoms with Crippen LogP contribution in [-0.4, -0.2) is 8.42 Å². The van der Waals surface area contributed by atoms with Gasteiger partial charge < -0.3 is 0 Å². The van der Waals surface area contributed by atoms with Crippen LogP contribution in [0, 0.1) is 0 Å². The Bertz CT molecular complexity index is 375. The molecule has 0 radical (unpaired) electrons. The van der Waals surface area contributed by atoms with Crippen molar-refractivity contribution < 1.29 is 8.42 Å². The van der Waals surface area contributed by atoms with Gasteiger partial charge in [0.25, 0.3) is 0 Å². The molecule has 1 aromatic carbocycles. The molecule has 1 aromatic rings. The van der Waals surface area contributed by atoms with Crippen molar-refractivity contribution in [3.63, 3.8) is 0 Å². The molecule has 66 valence electrons. The van der Waals surface area contributed by atoms with E-state index in [0.717, 1.165) is 5.56 Å². The van der Waals surface area contributed by atoms with E-state index in [1.54, 1.807) is 18.2 Å². The summed E-state index contributed by atoms with van der Waals surface area (Å²) < 4.78 is 22.6. The number of nitrogens with two attached hydrogens (primary N) is 1. The van der Waals surface area contributed by atoms with E-state index >= 15 is 0 Å². The van der Waals surface area contributed by atoms with Gasteiger partial charge in [0.05, 0.1) is 4.90 Å². The zero-order valence-electron chi connectivity index (χ0n) is 6.20. The van der Waals surface area contributed by atoms with Crippen molar-refractivity contribution >= 4 is 32.6 Å². The molecular weight excluding hydrogens is 289 g/mol. The molecule has 12 heavy (non-hydrogen) atoms. The van der Waals surface area contributed by atoms with E-state index in [0.29, 0.717) is 4.43 Å². The van der Waals surface area contributed by atoms with Gasteiger partial charge in [-0.25, -0.2) is 13.6 Å². The highest BCUT2D eigenvalue weighted by molar-refractivity contribution is 14.1. The molecule has 0 aliphatic heterocycles. The maximum Gasteiger partial charge on any atom is 0.238 e. The molecule has 0 aliphatic rings. The zero-order chi connectivity index (χ0) is 9.19. The molecule has 0 heterocycles. The van der Waals surface area contributed by atoms with Crippen LogP contribution in [0.3, 0.4) is 0 Å². The lowest BCUT2D eigenvalue weighted by molar-refractivity contribution is 0.597. The summed E-state index contributed by atoms with van der Waals surface area (Å²) in [4.78, 5) is 0.222. The summed E-state index contributed by atoms with van der Waals surface area (Å²) in [6.45, 7) is 0. The number of primary sulfonamides is 1. The van der Waals surface area contributed by atoms with Gasteiger partial charge in [-0.15, -0.1) is 0 Å². The fraction of sp³-hybridized carbons (Fsp3) is 0.143. The minimum atomic E-state index is -3.55. The molecule has 3 nitrogen and oxygen atoms in total. The molecule has 0 unspecified atom stereocenters. The van der Waals surface area contributed by atoms with Gasteiger partial charge in [0.15, 0.2) is 0 Å². The van der Waals surface area contributed by atoms with Crippen LogP contribution in [0.2, 0.25) is 0 Å². The first-order chi connectivity index (χ1) is 5.55. The quantitative estimate of drug-likeness (QED) is 0.660. The summed E-state index contributed by atoms with van der Waals surface area (Å²) in [5.41, 5.74) is 0.751. The van der Waals surface area contributed by atoms with Crippen molar-refractivity contribution in [2.75, 3.05) is 0 Å². The Labute approximate surface area is 85.2 Å². The number of sulfonamides is 1. The molecule has 5 heteroatoms. The number of halogens is 1. The monoisotopic (exact) mass is 297 g/mol. The van der Waals surface area contributed by atoms with E-state index in [9.17, 15) is 8.42 Å². The van der Waals surface area contributed by atoms with Gasteiger partial charge in [-0.1, -0.05) is 40.8 Å². The zero-order valence-corrected chi connectivity index (χ0v) is 9.17. The largest absolute Gasteiger partial charge is 0.238 e. The molecule has 0 fully saturated rings. The van der Waals surface area contributed by atoms with Crippen LogP contribution in [0.5, 0.6) is 0 Å². The SMILES string of the molecule is NS(=O)(=O)c1ccccc1CI. The second-order valence-electron chi connectivity index (χ2n) is 2.29. The van der Waals surface area contributed by atoms with Crippen LogP contribution in [0.4, 0.5) is 0 Å². The van der Waals surface area contributed by atoms with Gasteiger partial charge in [-0.3, -0.25) is 0 Å². The first kappa shape index (κ1) is 9.94. The highest BCUT2D eigenvalue weighted by atomic mass is 127. The smallest absolute Gasteiger partial charge is 0.225 e. The highest BCUT2D eigenvalue weighted by Gasteiger charge is 2.11. The van der Waals surface area contributed by atoms with Gasteiger partial charge in [0.2, 0.25) is 10.0 Å². The van der Waals surface area contributed by atoms with Crippen LogP contribution >= 0.6 is 22.6 Å². The number of alkyl halides is 1. The van der Waals surface area contributed by atoms with Gasteiger partial charge in [0.1, 0.15) is 0 Å². The molecule has 0 saturated heterocycles. The third-order valence-corrected chi connectivity index (χ3v) is 3.26. The molecule has 0 aromatic heterocycles. The van der Waals surface area contributed by atoms with Crippen LogP contribution in [0.1, 0.15) is 5.56 Å². The summed E-state index contributed by atoms with van der Waals surface area (Å²) >= 11 is 2.10. The topological polar surface area (TPSA) is 60.2 Å². The van der Waals surface area contributed by atoms with E-state index in [1.807, 2.05) is 0 Å². The summed E-state index contributed by atoms with van der Waals surface area (Å²) in [6.07, 6.45) is 0. The number of hydrogen-bond donors (Lipinski definition) is 1. The summed E-state index contributed by atoms with van der Waals surface area (Å²) in [7, 11) is -3.55. The summed E-state index contributed by atoms with van der Waals surface area (Å²) in [5.74, 6) is 0. The number of benzene rings is 1. The van der Waals surface area contributed by atoms with Crippen LogP contribution in [0.15, 0.2) is 29.2 Å². The lowest BCUT2D eigenvalue weighted by Crippen LogP contribution is -2.13. The molecule has 0 bridgehead atoms. The minimum Gasteiger partial charge on any atom is -0.225 e. The summed E-state index contributed by atoms with van der Waals surface area (Å²) in [5, 5.41) is 5.00. The first-order valence-electron chi connectivity index (χ1n) is 3.22. The third kappa shape index (κ3) is 2.18. The fourth-order valence-electron chi connectivity index (χ4n) is 0.892. The van der Waals surface area contributed by atoms with E-state index in [2.05, 4.69) is 22.6 Å². The maximum absolute atomic E-state index is 11.0. The van der Waals surface area contributed by atoms with Crippen molar-refractivity contribution in [1.82, 2.24) is 0 Å². The van der Waals surface area contributed by atoms with E-state index in [4.69, 9.17) is 5.14 Å². The Morgan fingerprint density at radius 3 is 2.33 bits per heavy atom. The Morgan fingerprint density at radius 1 is 1.33 bits per heavy atom. The molecule has 0 atom stereocenters. The van der Waals surface area contributed by atoms with Gasteiger partial charge in [-0.05, 0) is 11.6 Å². The molecule has 2 N–H and O–H groups in total. The second-order valence-corrected chi connectivity index (χ2v) is 4.58. The minimum absolute atomic E-state index is 0.222. The van der Waals surface area contributed by atoms with Crippen molar-refractivity contribution in [1.29, 1.82) is 0 Å². The average molecular weight is 297 g/mol. The second kappa shape index (κ2) is 3.71. The highest BCUT2D eigenvalue weighted by Crippen LogP contribution is 2.16. The molecule has 0 spiro atoms. The fourth-order valence-corrected chi connectivity index (χ4v) is 2.59. The van der Waals surface area contributed by atoms with Gasteiger partial charge in [0, 0.05) is 4.43 Å². The van der Waals surface area contributed by atoms with Crippen molar-refractivity contribution in [3.05, 3.63) is 29.8 Å². The Balaban J connectivity index is 3.33. The molecule has 0 saturated carbocycles. The normalized spacial score (nSPS) is 11.5.